The fourth-order valence-corrected chi connectivity index (χ4v) is 2.89. The van der Waals surface area contributed by atoms with Crippen molar-refractivity contribution >= 4 is 11.9 Å². The van der Waals surface area contributed by atoms with E-state index in [9.17, 15) is 19.8 Å². The minimum absolute atomic E-state index is 0.0464. The van der Waals surface area contributed by atoms with Crippen molar-refractivity contribution in [2.24, 2.45) is 0 Å². The molecule has 8 nitrogen and oxygen atoms in total. The SMILES string of the molecule is COc1ccnc(C(=O)NC(Cc2ccc(OCc3ccccc3)cc2)C(=O)O)c1O. The van der Waals surface area contributed by atoms with Gasteiger partial charge in [0.1, 0.15) is 18.4 Å². The quantitative estimate of drug-likeness (QED) is 0.485. The zero-order chi connectivity index (χ0) is 22.2. The van der Waals surface area contributed by atoms with Crippen LogP contribution in [0.2, 0.25) is 0 Å². The third-order valence-corrected chi connectivity index (χ3v) is 4.54. The Kier molecular flexibility index (Phi) is 7.05. The van der Waals surface area contributed by atoms with Crippen molar-refractivity contribution in [1.82, 2.24) is 10.3 Å². The molecule has 1 heterocycles. The van der Waals surface area contributed by atoms with Crippen LogP contribution < -0.4 is 14.8 Å². The number of pyridine rings is 1. The summed E-state index contributed by atoms with van der Waals surface area (Å²) in [5.74, 6) is -1.76. The summed E-state index contributed by atoms with van der Waals surface area (Å²) in [5, 5.41) is 22.0. The highest BCUT2D eigenvalue weighted by Gasteiger charge is 2.24. The van der Waals surface area contributed by atoms with Crippen molar-refractivity contribution in [1.29, 1.82) is 0 Å². The van der Waals surface area contributed by atoms with Crippen LogP contribution in [0.25, 0.3) is 0 Å². The van der Waals surface area contributed by atoms with E-state index in [1.54, 1.807) is 24.3 Å². The maximum absolute atomic E-state index is 12.4. The van der Waals surface area contributed by atoms with Crippen LogP contribution in [0.15, 0.2) is 66.9 Å². The second-order valence-corrected chi connectivity index (χ2v) is 6.70. The van der Waals surface area contributed by atoms with Gasteiger partial charge in [-0.1, -0.05) is 42.5 Å². The van der Waals surface area contributed by atoms with Gasteiger partial charge >= 0.3 is 5.97 Å². The Morgan fingerprint density at radius 2 is 1.74 bits per heavy atom. The van der Waals surface area contributed by atoms with Gasteiger partial charge in [-0.3, -0.25) is 4.79 Å². The van der Waals surface area contributed by atoms with Crippen molar-refractivity contribution < 1.29 is 29.3 Å². The van der Waals surface area contributed by atoms with Gasteiger partial charge in [0, 0.05) is 18.7 Å². The Morgan fingerprint density at radius 3 is 2.39 bits per heavy atom. The molecule has 8 heteroatoms. The molecule has 0 spiro atoms. The molecule has 3 rings (SSSR count). The van der Waals surface area contributed by atoms with Crippen LogP contribution >= 0.6 is 0 Å². The summed E-state index contributed by atoms with van der Waals surface area (Å²) in [6.45, 7) is 0.422. The van der Waals surface area contributed by atoms with Crippen LogP contribution in [0.3, 0.4) is 0 Å². The molecule has 0 radical (unpaired) electrons. The van der Waals surface area contributed by atoms with Crippen molar-refractivity contribution in [2.45, 2.75) is 19.1 Å². The number of benzene rings is 2. The number of hydrogen-bond donors (Lipinski definition) is 3. The molecule has 3 N–H and O–H groups in total. The number of amides is 1. The summed E-state index contributed by atoms with van der Waals surface area (Å²) < 4.78 is 10.7. The lowest BCUT2D eigenvalue weighted by molar-refractivity contribution is -0.139. The first-order valence-corrected chi connectivity index (χ1v) is 9.49. The zero-order valence-electron chi connectivity index (χ0n) is 16.8. The van der Waals surface area contributed by atoms with Crippen molar-refractivity contribution in [3.8, 4) is 17.2 Å². The second-order valence-electron chi connectivity index (χ2n) is 6.70. The number of ether oxygens (including phenoxy) is 2. The number of carbonyl (C=O) groups is 2. The smallest absolute Gasteiger partial charge is 0.326 e. The van der Waals surface area contributed by atoms with Gasteiger partial charge in [-0.2, -0.15) is 0 Å². The number of methoxy groups -OCH3 is 1. The summed E-state index contributed by atoms with van der Waals surface area (Å²) >= 11 is 0. The molecule has 0 aliphatic heterocycles. The van der Waals surface area contributed by atoms with Crippen molar-refractivity contribution in [3.63, 3.8) is 0 Å². The Bertz CT molecular complexity index is 1040. The van der Waals surface area contributed by atoms with Crippen LogP contribution in [0, 0.1) is 0 Å². The molecule has 2 aromatic carbocycles. The number of aliphatic carboxylic acids is 1. The lowest BCUT2D eigenvalue weighted by Gasteiger charge is -2.15. The molecule has 1 aromatic heterocycles. The Hall–Kier alpha value is -4.07. The van der Waals surface area contributed by atoms with Crippen molar-refractivity contribution in [2.75, 3.05) is 7.11 Å². The number of hydrogen-bond acceptors (Lipinski definition) is 6. The highest BCUT2D eigenvalue weighted by atomic mass is 16.5. The standard InChI is InChI=1S/C23H22N2O6/c1-30-19-11-12-24-20(21(19)26)22(27)25-18(23(28)29)13-15-7-9-17(10-8-15)31-14-16-5-3-2-4-6-16/h2-12,18,26H,13-14H2,1H3,(H,25,27)(H,28,29). The molecule has 0 saturated carbocycles. The Morgan fingerprint density at radius 1 is 1.03 bits per heavy atom. The van der Waals surface area contributed by atoms with E-state index in [-0.39, 0.29) is 17.9 Å². The lowest BCUT2D eigenvalue weighted by Crippen LogP contribution is -2.42. The summed E-state index contributed by atoms with van der Waals surface area (Å²) in [7, 11) is 1.34. The number of nitrogens with zero attached hydrogens (tertiary/aromatic N) is 1. The maximum atomic E-state index is 12.4. The van der Waals surface area contributed by atoms with Gasteiger partial charge in [-0.15, -0.1) is 0 Å². The highest BCUT2D eigenvalue weighted by Crippen LogP contribution is 2.27. The largest absolute Gasteiger partial charge is 0.503 e. The van der Waals surface area contributed by atoms with Gasteiger partial charge in [0.2, 0.25) is 0 Å². The van der Waals surface area contributed by atoms with E-state index in [4.69, 9.17) is 9.47 Å². The van der Waals surface area contributed by atoms with Gasteiger partial charge in [-0.25, -0.2) is 9.78 Å². The van der Waals surface area contributed by atoms with E-state index in [1.807, 2.05) is 30.3 Å². The fourth-order valence-electron chi connectivity index (χ4n) is 2.89. The van der Waals surface area contributed by atoms with Gasteiger partial charge in [-0.05, 0) is 23.3 Å². The first-order valence-electron chi connectivity index (χ1n) is 9.49. The third-order valence-electron chi connectivity index (χ3n) is 4.54. The zero-order valence-corrected chi connectivity index (χ0v) is 16.8. The van der Waals surface area contributed by atoms with Crippen LogP contribution in [0.4, 0.5) is 0 Å². The monoisotopic (exact) mass is 422 g/mol. The molecule has 3 aromatic rings. The minimum Gasteiger partial charge on any atom is -0.503 e. The first-order chi connectivity index (χ1) is 15.0. The average molecular weight is 422 g/mol. The molecule has 160 valence electrons. The minimum atomic E-state index is -1.21. The maximum Gasteiger partial charge on any atom is 0.326 e. The normalized spacial score (nSPS) is 11.4. The molecular formula is C23H22N2O6. The van der Waals surface area contributed by atoms with Crippen molar-refractivity contribution in [3.05, 3.63) is 83.7 Å². The van der Waals surface area contributed by atoms with E-state index in [0.29, 0.717) is 17.9 Å². The van der Waals surface area contributed by atoms with E-state index in [1.165, 1.54) is 19.4 Å². The van der Waals surface area contributed by atoms with Gasteiger partial charge in [0.05, 0.1) is 7.11 Å². The number of carbonyl (C=O) groups excluding carboxylic acids is 1. The number of aromatic nitrogens is 1. The van der Waals surface area contributed by atoms with E-state index >= 15 is 0 Å². The topological polar surface area (TPSA) is 118 Å². The van der Waals surface area contributed by atoms with Crippen LogP contribution in [-0.2, 0) is 17.8 Å². The number of aromatic hydroxyl groups is 1. The van der Waals surface area contributed by atoms with Crippen LogP contribution in [0.1, 0.15) is 21.6 Å². The predicted octanol–water partition coefficient (Wildman–Crippen LogP) is 2.80. The lowest BCUT2D eigenvalue weighted by atomic mass is 10.1. The summed E-state index contributed by atoms with van der Waals surface area (Å²) in [5.41, 5.74) is 1.42. The molecule has 0 aliphatic rings. The molecule has 1 amide bonds. The Balaban J connectivity index is 1.63. The Labute approximate surface area is 179 Å². The molecule has 0 saturated heterocycles. The highest BCUT2D eigenvalue weighted by molar-refractivity contribution is 5.97. The number of carboxylic acids is 1. The first kappa shape index (κ1) is 21.6. The number of carboxylic acid groups (broad SMARTS) is 1. The number of nitrogens with one attached hydrogen (secondary N) is 1. The third kappa shape index (κ3) is 5.72. The molecule has 1 unspecified atom stereocenters. The van der Waals surface area contributed by atoms with Crippen LogP contribution in [-0.4, -0.2) is 40.2 Å². The van der Waals surface area contributed by atoms with E-state index in [2.05, 4.69) is 10.3 Å². The van der Waals surface area contributed by atoms with E-state index < -0.39 is 23.7 Å². The summed E-state index contributed by atoms with van der Waals surface area (Å²) in [6.07, 6.45) is 1.34. The molecule has 0 aliphatic carbocycles. The molecular weight excluding hydrogens is 400 g/mol. The molecule has 31 heavy (non-hydrogen) atoms. The predicted molar refractivity (Wildman–Crippen MR) is 112 cm³/mol. The molecule has 1 atom stereocenters. The summed E-state index contributed by atoms with van der Waals surface area (Å²) in [6, 6.07) is 16.9. The number of rotatable bonds is 9. The van der Waals surface area contributed by atoms with E-state index in [0.717, 1.165) is 5.56 Å². The molecule has 0 bridgehead atoms. The fraction of sp³-hybridized carbons (Fsp3) is 0.174. The summed E-state index contributed by atoms with van der Waals surface area (Å²) in [4.78, 5) is 27.9. The average Bonchev–Trinajstić information content (AvgIpc) is 2.78. The molecule has 0 fully saturated rings. The van der Waals surface area contributed by atoms with Gasteiger partial charge < -0.3 is 25.0 Å². The van der Waals surface area contributed by atoms with Crippen LogP contribution in [0.5, 0.6) is 17.2 Å². The van der Waals surface area contributed by atoms with Gasteiger partial charge in [0.25, 0.3) is 5.91 Å². The second kappa shape index (κ2) is 10.1. The van der Waals surface area contributed by atoms with Gasteiger partial charge in [0.15, 0.2) is 17.2 Å².